The van der Waals surface area contributed by atoms with E-state index in [1.54, 1.807) is 12.1 Å². The van der Waals surface area contributed by atoms with Crippen LogP contribution in [-0.2, 0) is 26.0 Å². The van der Waals surface area contributed by atoms with Crippen molar-refractivity contribution in [2.24, 2.45) is 0 Å². The molecule has 0 spiro atoms. The highest BCUT2D eigenvalue weighted by molar-refractivity contribution is 7.89. The molecule has 1 saturated heterocycles. The molecule has 1 atom stereocenters. The lowest BCUT2D eigenvalue weighted by atomic mass is 10.1. The van der Waals surface area contributed by atoms with Gasteiger partial charge >= 0.3 is 0 Å². The van der Waals surface area contributed by atoms with Gasteiger partial charge in [0.1, 0.15) is 6.04 Å². The normalized spacial score (nSPS) is 17.0. The molecular weight excluding hydrogens is 376 g/mol. The van der Waals surface area contributed by atoms with Crippen molar-refractivity contribution in [1.29, 1.82) is 0 Å². The fourth-order valence-corrected chi connectivity index (χ4v) is 4.89. The summed E-state index contributed by atoms with van der Waals surface area (Å²) in [5, 5.41) is 2.78. The zero-order chi connectivity index (χ0) is 20.1. The number of hydrogen-bond donors (Lipinski definition) is 1. The molecule has 2 aromatic carbocycles. The van der Waals surface area contributed by atoms with Gasteiger partial charge in [-0.2, -0.15) is 0 Å². The van der Waals surface area contributed by atoms with E-state index in [0.29, 0.717) is 6.54 Å². The summed E-state index contributed by atoms with van der Waals surface area (Å²) >= 11 is 0. The van der Waals surface area contributed by atoms with Crippen LogP contribution in [0, 0.1) is 6.92 Å². The Morgan fingerprint density at radius 1 is 1.11 bits per heavy atom. The summed E-state index contributed by atoms with van der Waals surface area (Å²) in [5.41, 5.74) is 2.09. The van der Waals surface area contributed by atoms with E-state index in [-0.39, 0.29) is 17.7 Å². The van der Waals surface area contributed by atoms with Gasteiger partial charge in [-0.15, -0.1) is 0 Å². The van der Waals surface area contributed by atoms with Crippen LogP contribution >= 0.6 is 0 Å². The number of rotatable bonds is 7. The van der Waals surface area contributed by atoms with Crippen LogP contribution in [0.3, 0.4) is 0 Å². The van der Waals surface area contributed by atoms with Crippen LogP contribution in [0.5, 0.6) is 0 Å². The van der Waals surface area contributed by atoms with E-state index >= 15 is 0 Å². The monoisotopic (exact) mass is 400 g/mol. The van der Waals surface area contributed by atoms with E-state index in [9.17, 15) is 18.0 Å². The van der Waals surface area contributed by atoms with Gasteiger partial charge in [-0.3, -0.25) is 9.59 Å². The summed E-state index contributed by atoms with van der Waals surface area (Å²) in [6.07, 6.45) is 1.80. The zero-order valence-electron chi connectivity index (χ0n) is 15.8. The van der Waals surface area contributed by atoms with Gasteiger partial charge in [0.15, 0.2) is 0 Å². The molecule has 0 bridgehead atoms. The second-order valence-corrected chi connectivity index (χ2v) is 8.76. The first-order chi connectivity index (χ1) is 13.4. The van der Waals surface area contributed by atoms with Crippen molar-refractivity contribution in [1.82, 2.24) is 9.62 Å². The van der Waals surface area contributed by atoms with Crippen LogP contribution in [-0.4, -0.2) is 37.1 Å². The third-order valence-corrected chi connectivity index (χ3v) is 6.67. The summed E-state index contributed by atoms with van der Waals surface area (Å²) in [6.45, 7) is 2.28. The first-order valence-corrected chi connectivity index (χ1v) is 10.8. The highest BCUT2D eigenvalue weighted by Gasteiger charge is 2.44. The van der Waals surface area contributed by atoms with Crippen LogP contribution in [0.25, 0.3) is 0 Å². The average molecular weight is 401 g/mol. The smallest absolute Gasteiger partial charge is 0.267 e. The van der Waals surface area contributed by atoms with Gasteiger partial charge in [0.25, 0.3) is 10.0 Å². The molecule has 1 fully saturated rings. The van der Waals surface area contributed by atoms with Crippen LogP contribution in [0.4, 0.5) is 0 Å². The van der Waals surface area contributed by atoms with Crippen molar-refractivity contribution < 1.29 is 18.0 Å². The lowest BCUT2D eigenvalue weighted by Gasteiger charge is -2.23. The van der Waals surface area contributed by atoms with Gasteiger partial charge in [0.05, 0.1) is 4.90 Å². The molecule has 1 aliphatic rings. The third-order valence-electron chi connectivity index (χ3n) is 4.83. The number of amides is 2. The highest BCUT2D eigenvalue weighted by Crippen LogP contribution is 2.27. The average Bonchev–Trinajstić information content (AvgIpc) is 3.09. The molecule has 1 aliphatic heterocycles. The molecule has 1 N–H and O–H groups in total. The highest BCUT2D eigenvalue weighted by atomic mass is 32.2. The molecule has 2 aromatic rings. The van der Waals surface area contributed by atoms with E-state index in [0.717, 1.165) is 22.7 Å². The van der Waals surface area contributed by atoms with Crippen molar-refractivity contribution in [3.8, 4) is 0 Å². The van der Waals surface area contributed by atoms with E-state index in [2.05, 4.69) is 5.32 Å². The topological polar surface area (TPSA) is 83.6 Å². The predicted molar refractivity (Wildman–Crippen MR) is 106 cm³/mol. The second-order valence-electron chi connectivity index (χ2n) is 6.94. The number of carbonyl (C=O) groups excluding carboxylic acids is 2. The fourth-order valence-electron chi connectivity index (χ4n) is 3.29. The number of carbonyl (C=O) groups is 2. The number of nitrogens with one attached hydrogen (secondary N) is 1. The molecular formula is C21H24N2O4S. The quantitative estimate of drug-likeness (QED) is 0.724. The lowest BCUT2D eigenvalue weighted by Crippen LogP contribution is -2.47. The van der Waals surface area contributed by atoms with Crippen molar-refractivity contribution >= 4 is 21.8 Å². The molecule has 1 heterocycles. The SMILES string of the molecule is Cc1ccc(S(=O)(=O)N2C(=O)CCC2C(=O)NCCCc2ccccc2)cc1. The molecule has 3 rings (SSSR count). The Kier molecular flexibility index (Phi) is 6.14. The Labute approximate surface area is 165 Å². The molecule has 0 aliphatic carbocycles. The van der Waals surface area contributed by atoms with Crippen LogP contribution in [0.15, 0.2) is 59.5 Å². The summed E-state index contributed by atoms with van der Waals surface area (Å²) < 4.78 is 26.6. The molecule has 2 amide bonds. The maximum absolute atomic E-state index is 12.9. The van der Waals surface area contributed by atoms with Gasteiger partial charge < -0.3 is 5.32 Å². The number of sulfonamides is 1. The molecule has 28 heavy (non-hydrogen) atoms. The fraction of sp³-hybridized carbons (Fsp3) is 0.333. The van der Waals surface area contributed by atoms with E-state index in [4.69, 9.17) is 0 Å². The minimum absolute atomic E-state index is 0.0234. The van der Waals surface area contributed by atoms with Gasteiger partial charge in [0.2, 0.25) is 11.8 Å². The van der Waals surface area contributed by atoms with E-state index < -0.39 is 27.9 Å². The summed E-state index contributed by atoms with van der Waals surface area (Å²) in [6, 6.07) is 15.2. The van der Waals surface area contributed by atoms with Crippen LogP contribution in [0.2, 0.25) is 0 Å². The Morgan fingerprint density at radius 2 is 1.79 bits per heavy atom. The molecule has 0 saturated carbocycles. The number of hydrogen-bond acceptors (Lipinski definition) is 4. The lowest BCUT2D eigenvalue weighted by molar-refractivity contribution is -0.130. The predicted octanol–water partition coefficient (Wildman–Crippen LogP) is 2.42. The van der Waals surface area contributed by atoms with Crippen molar-refractivity contribution in [3.63, 3.8) is 0 Å². The number of aryl methyl sites for hydroxylation is 2. The van der Waals surface area contributed by atoms with Gasteiger partial charge in [-0.05, 0) is 43.9 Å². The maximum Gasteiger partial charge on any atom is 0.267 e. The minimum Gasteiger partial charge on any atom is -0.354 e. The first-order valence-electron chi connectivity index (χ1n) is 9.35. The van der Waals surface area contributed by atoms with Crippen LogP contribution < -0.4 is 5.32 Å². The molecule has 148 valence electrons. The zero-order valence-corrected chi connectivity index (χ0v) is 16.6. The number of nitrogens with zero attached hydrogens (tertiary/aromatic N) is 1. The largest absolute Gasteiger partial charge is 0.354 e. The van der Waals surface area contributed by atoms with Crippen molar-refractivity contribution in [2.45, 2.75) is 43.5 Å². The first kappa shape index (κ1) is 20.1. The maximum atomic E-state index is 12.9. The van der Waals surface area contributed by atoms with Gasteiger partial charge in [0, 0.05) is 13.0 Å². The summed E-state index contributed by atoms with van der Waals surface area (Å²) in [5.74, 6) is -0.959. The van der Waals surface area contributed by atoms with Gasteiger partial charge in [-0.25, -0.2) is 12.7 Å². The van der Waals surface area contributed by atoms with E-state index in [1.165, 1.54) is 17.7 Å². The Balaban J connectivity index is 1.64. The summed E-state index contributed by atoms with van der Waals surface area (Å²) in [4.78, 5) is 24.9. The molecule has 1 unspecified atom stereocenters. The van der Waals surface area contributed by atoms with Crippen LogP contribution in [0.1, 0.15) is 30.4 Å². The molecule has 6 nitrogen and oxygen atoms in total. The van der Waals surface area contributed by atoms with Gasteiger partial charge in [-0.1, -0.05) is 48.0 Å². The molecule has 0 radical (unpaired) electrons. The van der Waals surface area contributed by atoms with E-state index in [1.807, 2.05) is 37.3 Å². The Morgan fingerprint density at radius 3 is 2.46 bits per heavy atom. The molecule has 0 aromatic heterocycles. The summed E-state index contributed by atoms with van der Waals surface area (Å²) in [7, 11) is -4.05. The Hall–Kier alpha value is -2.67. The second kappa shape index (κ2) is 8.56. The Bertz CT molecular complexity index is 940. The standard InChI is InChI=1S/C21H24N2O4S/c1-16-9-11-18(12-10-16)28(26,27)23-19(13-14-20(23)24)21(25)22-15-5-8-17-6-3-2-4-7-17/h2-4,6-7,9-12,19H,5,8,13-15H2,1H3,(H,22,25). The molecule has 7 heteroatoms. The van der Waals surface area contributed by atoms with Crippen molar-refractivity contribution in [3.05, 3.63) is 65.7 Å². The third kappa shape index (κ3) is 4.42. The van der Waals surface area contributed by atoms with Crippen molar-refractivity contribution in [2.75, 3.05) is 6.54 Å². The minimum atomic E-state index is -4.05. The number of benzene rings is 2.